The predicted octanol–water partition coefficient (Wildman–Crippen LogP) is 1.00. The Morgan fingerprint density at radius 3 is 2.30 bits per heavy atom. The SMILES string of the molecule is CC1CCC(N(C(=O)Cn2c(=O)c3c(ncn3C)n(C)c2=O)C2CC2)CC1. The zero-order valence-electron chi connectivity index (χ0n) is 16.2. The molecule has 0 spiro atoms. The van der Waals surface area contributed by atoms with E-state index in [0.29, 0.717) is 17.1 Å². The van der Waals surface area contributed by atoms with Crippen molar-refractivity contribution in [3.05, 3.63) is 27.2 Å². The third-order valence-electron chi connectivity index (χ3n) is 6.10. The summed E-state index contributed by atoms with van der Waals surface area (Å²) in [7, 11) is 3.30. The number of nitrogens with zero attached hydrogens (tertiary/aromatic N) is 5. The summed E-state index contributed by atoms with van der Waals surface area (Å²) in [6, 6.07) is 0.511. The maximum Gasteiger partial charge on any atom is 0.332 e. The van der Waals surface area contributed by atoms with E-state index in [9.17, 15) is 14.4 Å². The van der Waals surface area contributed by atoms with Gasteiger partial charge in [-0.1, -0.05) is 6.92 Å². The molecule has 27 heavy (non-hydrogen) atoms. The van der Waals surface area contributed by atoms with Crippen molar-refractivity contribution in [2.75, 3.05) is 0 Å². The van der Waals surface area contributed by atoms with Crippen molar-refractivity contribution in [2.45, 2.75) is 64.1 Å². The summed E-state index contributed by atoms with van der Waals surface area (Å²) in [6.07, 6.45) is 7.83. The minimum absolute atomic E-state index is 0.113. The van der Waals surface area contributed by atoms with Gasteiger partial charge in [0.2, 0.25) is 5.91 Å². The molecule has 2 aliphatic rings. The number of carbonyl (C=O) groups is 1. The zero-order chi connectivity index (χ0) is 19.3. The van der Waals surface area contributed by atoms with E-state index >= 15 is 0 Å². The van der Waals surface area contributed by atoms with Crippen LogP contribution in [-0.2, 0) is 25.4 Å². The molecule has 0 bridgehead atoms. The van der Waals surface area contributed by atoms with E-state index in [1.165, 1.54) is 10.9 Å². The first-order valence-corrected chi connectivity index (χ1v) is 9.80. The van der Waals surface area contributed by atoms with E-state index in [1.807, 2.05) is 4.90 Å². The van der Waals surface area contributed by atoms with Crippen molar-refractivity contribution in [3.63, 3.8) is 0 Å². The second kappa shape index (κ2) is 6.65. The number of rotatable bonds is 4. The number of amides is 1. The molecule has 2 aromatic rings. The number of carbonyl (C=O) groups excluding carboxylic acids is 1. The molecule has 4 rings (SSSR count). The van der Waals surface area contributed by atoms with Crippen molar-refractivity contribution < 1.29 is 4.79 Å². The van der Waals surface area contributed by atoms with Crippen molar-refractivity contribution in [1.29, 1.82) is 0 Å². The fourth-order valence-corrected chi connectivity index (χ4v) is 4.33. The lowest BCUT2D eigenvalue weighted by Gasteiger charge is -2.36. The first-order valence-electron chi connectivity index (χ1n) is 9.80. The van der Waals surface area contributed by atoms with E-state index < -0.39 is 11.2 Å². The molecule has 2 saturated carbocycles. The van der Waals surface area contributed by atoms with Crippen molar-refractivity contribution in [2.24, 2.45) is 20.0 Å². The number of hydrogen-bond acceptors (Lipinski definition) is 4. The van der Waals surface area contributed by atoms with Crippen LogP contribution in [0, 0.1) is 5.92 Å². The van der Waals surface area contributed by atoms with Gasteiger partial charge in [-0.2, -0.15) is 0 Å². The summed E-state index contributed by atoms with van der Waals surface area (Å²) in [4.78, 5) is 44.8. The molecule has 8 nitrogen and oxygen atoms in total. The van der Waals surface area contributed by atoms with Gasteiger partial charge in [-0.15, -0.1) is 0 Å². The van der Waals surface area contributed by atoms with Crippen LogP contribution in [0.5, 0.6) is 0 Å². The fraction of sp³-hybridized carbons (Fsp3) is 0.684. The van der Waals surface area contributed by atoms with Gasteiger partial charge in [-0.3, -0.25) is 14.2 Å². The predicted molar refractivity (Wildman–Crippen MR) is 102 cm³/mol. The van der Waals surface area contributed by atoms with E-state index in [0.717, 1.165) is 43.1 Å². The van der Waals surface area contributed by atoms with E-state index in [2.05, 4.69) is 11.9 Å². The molecule has 2 aliphatic carbocycles. The highest BCUT2D eigenvalue weighted by molar-refractivity contribution is 5.78. The van der Waals surface area contributed by atoms with E-state index in [-0.39, 0.29) is 24.5 Å². The lowest BCUT2D eigenvalue weighted by Crippen LogP contribution is -2.49. The third-order valence-corrected chi connectivity index (χ3v) is 6.10. The molecule has 0 aromatic carbocycles. The Balaban J connectivity index is 1.66. The topological polar surface area (TPSA) is 82.1 Å². The molecule has 0 unspecified atom stereocenters. The highest BCUT2D eigenvalue weighted by atomic mass is 16.2. The van der Waals surface area contributed by atoms with E-state index in [1.54, 1.807) is 18.7 Å². The molecule has 146 valence electrons. The van der Waals surface area contributed by atoms with Gasteiger partial charge in [-0.05, 0) is 44.4 Å². The van der Waals surface area contributed by atoms with Crippen molar-refractivity contribution in [3.8, 4) is 0 Å². The lowest BCUT2D eigenvalue weighted by atomic mass is 9.86. The quantitative estimate of drug-likeness (QED) is 0.801. The van der Waals surface area contributed by atoms with Crippen LogP contribution in [0.25, 0.3) is 11.2 Å². The Labute approximate surface area is 157 Å². The number of imidazole rings is 1. The minimum atomic E-state index is -0.493. The Bertz CT molecular complexity index is 989. The Morgan fingerprint density at radius 2 is 1.70 bits per heavy atom. The first kappa shape index (κ1) is 18.0. The minimum Gasteiger partial charge on any atom is -0.335 e. The summed E-state index contributed by atoms with van der Waals surface area (Å²) in [5.41, 5.74) is -0.257. The molecule has 0 aliphatic heterocycles. The van der Waals surface area contributed by atoms with Crippen LogP contribution in [0.3, 0.4) is 0 Å². The lowest BCUT2D eigenvalue weighted by molar-refractivity contribution is -0.135. The van der Waals surface area contributed by atoms with Gasteiger partial charge in [0.15, 0.2) is 11.2 Å². The van der Waals surface area contributed by atoms with Gasteiger partial charge in [-0.25, -0.2) is 14.3 Å². The Hall–Kier alpha value is -2.38. The second-order valence-corrected chi connectivity index (χ2v) is 8.21. The molecule has 0 N–H and O–H groups in total. The molecule has 0 radical (unpaired) electrons. The van der Waals surface area contributed by atoms with Crippen molar-refractivity contribution in [1.82, 2.24) is 23.6 Å². The summed E-state index contributed by atoms with van der Waals surface area (Å²) in [6.45, 7) is 2.06. The van der Waals surface area contributed by atoms with Gasteiger partial charge >= 0.3 is 5.69 Å². The number of hydrogen-bond donors (Lipinski definition) is 0. The maximum absolute atomic E-state index is 13.1. The average molecular weight is 373 g/mol. The Morgan fingerprint density at radius 1 is 1.11 bits per heavy atom. The monoisotopic (exact) mass is 373 g/mol. The number of fused-ring (bicyclic) bond motifs is 1. The highest BCUT2D eigenvalue weighted by Crippen LogP contribution is 2.35. The molecule has 2 aromatic heterocycles. The van der Waals surface area contributed by atoms with Crippen LogP contribution in [0.2, 0.25) is 0 Å². The van der Waals surface area contributed by atoms with Crippen LogP contribution in [0.15, 0.2) is 15.9 Å². The summed E-state index contributed by atoms with van der Waals surface area (Å²) in [5.74, 6) is 0.595. The molecule has 0 saturated heterocycles. The van der Waals surface area contributed by atoms with Crippen LogP contribution >= 0.6 is 0 Å². The van der Waals surface area contributed by atoms with Gasteiger partial charge in [0.25, 0.3) is 5.56 Å². The van der Waals surface area contributed by atoms with Gasteiger partial charge in [0.1, 0.15) is 6.54 Å². The van der Waals surface area contributed by atoms with Crippen LogP contribution < -0.4 is 11.2 Å². The third kappa shape index (κ3) is 3.11. The largest absolute Gasteiger partial charge is 0.335 e. The number of aromatic nitrogens is 4. The van der Waals surface area contributed by atoms with Crippen LogP contribution in [-0.4, -0.2) is 41.6 Å². The van der Waals surface area contributed by atoms with E-state index in [4.69, 9.17) is 0 Å². The van der Waals surface area contributed by atoms with Crippen molar-refractivity contribution >= 4 is 17.1 Å². The van der Waals surface area contributed by atoms with Crippen LogP contribution in [0.4, 0.5) is 0 Å². The Kier molecular flexibility index (Phi) is 4.44. The normalized spacial score (nSPS) is 22.9. The first-order chi connectivity index (χ1) is 12.9. The van der Waals surface area contributed by atoms with Gasteiger partial charge < -0.3 is 9.47 Å². The maximum atomic E-state index is 13.1. The molecule has 2 fully saturated rings. The average Bonchev–Trinajstić information content (AvgIpc) is 3.39. The number of aryl methyl sites for hydroxylation is 2. The molecular formula is C19H27N5O3. The van der Waals surface area contributed by atoms with Gasteiger partial charge in [0.05, 0.1) is 6.33 Å². The summed E-state index contributed by atoms with van der Waals surface area (Å²) >= 11 is 0. The summed E-state index contributed by atoms with van der Waals surface area (Å²) < 4.78 is 4.00. The molecular weight excluding hydrogens is 346 g/mol. The summed E-state index contributed by atoms with van der Waals surface area (Å²) in [5, 5.41) is 0. The molecule has 2 heterocycles. The van der Waals surface area contributed by atoms with Gasteiger partial charge in [0, 0.05) is 26.2 Å². The standard InChI is InChI=1S/C19H27N5O3/c1-12-4-6-13(7-5-12)24(14-8-9-14)15(25)10-23-18(26)16-17(20-11-21(16)2)22(3)19(23)27/h11-14H,4-10H2,1-3H3. The highest BCUT2D eigenvalue weighted by Gasteiger charge is 2.38. The van der Waals surface area contributed by atoms with Crippen LogP contribution in [0.1, 0.15) is 45.4 Å². The molecule has 1 amide bonds. The molecule has 8 heteroatoms. The zero-order valence-corrected chi connectivity index (χ0v) is 16.2. The smallest absolute Gasteiger partial charge is 0.332 e. The second-order valence-electron chi connectivity index (χ2n) is 8.21. The molecule has 0 atom stereocenters. The fourth-order valence-electron chi connectivity index (χ4n) is 4.33.